The lowest BCUT2D eigenvalue weighted by molar-refractivity contribution is -0.135. The number of aryl methyl sites for hydroxylation is 2. The minimum atomic E-state index is -1.48. The number of nitrogens with zero attached hydrogens (tertiary/aromatic N) is 2. The van der Waals surface area contributed by atoms with Crippen molar-refractivity contribution in [1.29, 1.82) is 0 Å². The third-order valence-electron chi connectivity index (χ3n) is 10.1. The van der Waals surface area contributed by atoms with Crippen LogP contribution in [-0.4, -0.2) is 75.5 Å². The topological polar surface area (TPSA) is 133 Å². The first kappa shape index (κ1) is 26.5. The van der Waals surface area contributed by atoms with Gasteiger partial charge in [0.1, 0.15) is 11.7 Å². The van der Waals surface area contributed by atoms with Gasteiger partial charge in [0.25, 0.3) is 11.8 Å². The second-order valence-electron chi connectivity index (χ2n) is 13.0. The van der Waals surface area contributed by atoms with Crippen LogP contribution in [0, 0.1) is 11.3 Å². The third kappa shape index (κ3) is 5.00. The van der Waals surface area contributed by atoms with Gasteiger partial charge in [-0.1, -0.05) is 18.2 Å². The van der Waals surface area contributed by atoms with Crippen LogP contribution >= 0.6 is 0 Å². The number of aliphatic hydroxyl groups excluding tert-OH is 1. The Morgan fingerprint density at radius 1 is 1.12 bits per heavy atom. The zero-order chi connectivity index (χ0) is 28.3. The Bertz CT molecular complexity index is 1410. The van der Waals surface area contributed by atoms with Gasteiger partial charge in [-0.05, 0) is 81.3 Å². The highest BCUT2D eigenvalue weighted by atomic mass is 16.3. The first-order chi connectivity index (χ1) is 19.8. The summed E-state index contributed by atoms with van der Waals surface area (Å²) in [5, 5.41) is 20.7. The van der Waals surface area contributed by atoms with E-state index >= 15 is 0 Å². The highest BCUT2D eigenvalue weighted by Gasteiger charge is 2.52. The molecule has 10 heteroatoms. The molecule has 4 fully saturated rings. The Hall–Kier alpha value is -3.40. The molecule has 2 aliphatic carbocycles. The summed E-state index contributed by atoms with van der Waals surface area (Å²) >= 11 is 0. The molecule has 10 nitrogen and oxygen atoms in total. The van der Waals surface area contributed by atoms with E-state index in [0.29, 0.717) is 31.6 Å². The van der Waals surface area contributed by atoms with Gasteiger partial charge < -0.3 is 30.5 Å². The molecule has 0 radical (unpaired) electrons. The summed E-state index contributed by atoms with van der Waals surface area (Å²) < 4.78 is 2.11. The Kier molecular flexibility index (Phi) is 6.56. The molecule has 5 aliphatic rings. The molecule has 1 unspecified atom stereocenters. The van der Waals surface area contributed by atoms with Gasteiger partial charge in [-0.25, -0.2) is 0 Å². The van der Waals surface area contributed by atoms with Crippen molar-refractivity contribution in [1.82, 2.24) is 25.4 Å². The summed E-state index contributed by atoms with van der Waals surface area (Å²) in [7, 11) is 0. The Labute approximate surface area is 239 Å². The van der Waals surface area contributed by atoms with E-state index in [1.807, 2.05) is 18.2 Å². The van der Waals surface area contributed by atoms with Crippen LogP contribution in [0.15, 0.2) is 24.3 Å². The van der Waals surface area contributed by atoms with Crippen LogP contribution in [0.3, 0.4) is 0 Å². The number of aromatic nitrogens is 1. The third-order valence-corrected chi connectivity index (χ3v) is 10.1. The van der Waals surface area contributed by atoms with Crippen molar-refractivity contribution >= 4 is 34.5 Å². The smallest absolute Gasteiger partial charge is 0.271 e. The molecule has 1 aromatic heterocycles. The first-order valence-electron chi connectivity index (χ1n) is 15.3. The van der Waals surface area contributed by atoms with Gasteiger partial charge >= 0.3 is 0 Å². The number of para-hydroxylation sites is 1. The molecule has 1 spiro atoms. The van der Waals surface area contributed by atoms with E-state index < -0.39 is 30.0 Å². The average Bonchev–Trinajstić information content (AvgIpc) is 3.87. The number of aliphatic hydroxyl groups is 1. The maximum absolute atomic E-state index is 14.2. The molecule has 41 heavy (non-hydrogen) atoms. The summed E-state index contributed by atoms with van der Waals surface area (Å²) in [5.74, 6) is -1.55. The number of likely N-dealkylation sites (tertiary alicyclic amines) is 1. The maximum Gasteiger partial charge on any atom is 0.271 e. The van der Waals surface area contributed by atoms with Crippen LogP contribution in [0.25, 0.3) is 10.9 Å². The number of hydrogen-bond donors (Lipinski definition) is 4. The predicted molar refractivity (Wildman–Crippen MR) is 151 cm³/mol. The number of carbonyl (C=O) groups is 4. The normalized spacial score (nSPS) is 26.0. The highest BCUT2D eigenvalue weighted by Crippen LogP contribution is 2.55. The van der Waals surface area contributed by atoms with Crippen LogP contribution < -0.4 is 16.0 Å². The van der Waals surface area contributed by atoms with Crippen LogP contribution in [0.2, 0.25) is 0 Å². The molecule has 0 bridgehead atoms. The zero-order valence-electron chi connectivity index (χ0n) is 23.4. The van der Waals surface area contributed by atoms with Gasteiger partial charge in [-0.15, -0.1) is 0 Å². The van der Waals surface area contributed by atoms with Crippen molar-refractivity contribution < 1.29 is 24.3 Å². The minimum Gasteiger partial charge on any atom is -0.381 e. The van der Waals surface area contributed by atoms with Crippen LogP contribution in [0.1, 0.15) is 73.8 Å². The van der Waals surface area contributed by atoms with Crippen molar-refractivity contribution in [2.75, 3.05) is 13.1 Å². The van der Waals surface area contributed by atoms with E-state index in [1.54, 1.807) is 4.90 Å². The van der Waals surface area contributed by atoms with Crippen molar-refractivity contribution in [2.24, 2.45) is 11.3 Å². The summed E-state index contributed by atoms with van der Waals surface area (Å²) in [6.45, 7) is 1.80. The summed E-state index contributed by atoms with van der Waals surface area (Å²) in [4.78, 5) is 55.1. The minimum absolute atomic E-state index is 0.0589. The van der Waals surface area contributed by atoms with Gasteiger partial charge in [0.2, 0.25) is 11.8 Å². The van der Waals surface area contributed by atoms with E-state index in [4.69, 9.17) is 0 Å². The fourth-order valence-electron chi connectivity index (χ4n) is 7.25. The number of carbonyl (C=O) groups excluding carboxylic acids is 4. The fraction of sp³-hybridized carbons (Fsp3) is 0.613. The molecule has 4 atom stereocenters. The Morgan fingerprint density at radius 3 is 2.68 bits per heavy atom. The molecule has 218 valence electrons. The molecule has 2 saturated heterocycles. The lowest BCUT2D eigenvalue weighted by Crippen LogP contribution is -2.59. The number of piperidine rings is 1. The number of rotatable bonds is 8. The van der Waals surface area contributed by atoms with Crippen molar-refractivity contribution in [3.05, 3.63) is 35.5 Å². The molecule has 1 aromatic carbocycles. The molecule has 7 rings (SSSR count). The van der Waals surface area contributed by atoms with E-state index in [0.717, 1.165) is 62.4 Å². The molecular formula is C31H39N5O5. The molecule has 4 heterocycles. The molecule has 4 N–H and O–H groups in total. The molecule has 4 amide bonds. The molecular weight excluding hydrogens is 522 g/mol. The summed E-state index contributed by atoms with van der Waals surface area (Å²) in [6.07, 6.45) is 6.50. The molecule has 3 aliphatic heterocycles. The van der Waals surface area contributed by atoms with Crippen molar-refractivity contribution in [2.45, 2.75) is 95.0 Å². The van der Waals surface area contributed by atoms with Gasteiger partial charge in [0.05, 0.1) is 11.6 Å². The zero-order valence-corrected chi connectivity index (χ0v) is 23.4. The summed E-state index contributed by atoms with van der Waals surface area (Å²) in [6, 6.07) is 6.57. The maximum atomic E-state index is 14.2. The number of nitrogens with one attached hydrogen (secondary N) is 3. The van der Waals surface area contributed by atoms with Gasteiger partial charge in [-0.2, -0.15) is 0 Å². The Morgan fingerprint density at radius 2 is 1.95 bits per heavy atom. The number of amides is 4. The van der Waals surface area contributed by atoms with E-state index in [9.17, 15) is 24.3 Å². The van der Waals surface area contributed by atoms with Gasteiger partial charge in [0.15, 0.2) is 6.10 Å². The van der Waals surface area contributed by atoms with Crippen LogP contribution in [0.4, 0.5) is 0 Å². The lowest BCUT2D eigenvalue weighted by Gasteiger charge is -2.40. The standard InChI is InChI=1S/C31H39N5O5/c37-26(29(40)33-21-6-7-21)22(15-20-8-12-32-27(20)38)34-28(39)24-17-31(9-10-31)11-14-36(24)30(41)23-16-19-4-1-3-18-5-2-13-35(23)25(18)19/h1,3-4,16,20-22,24,26,37H,2,5-15,17H2,(H,32,38)(H,33,40)(H,34,39)/t20-,22-,24-,26?/m0/s1. The molecule has 2 saturated carbocycles. The second-order valence-corrected chi connectivity index (χ2v) is 13.0. The summed E-state index contributed by atoms with van der Waals surface area (Å²) in [5.41, 5.74) is 3.04. The quantitative estimate of drug-likeness (QED) is 0.389. The van der Waals surface area contributed by atoms with E-state index in [1.165, 1.54) is 5.56 Å². The average molecular weight is 562 g/mol. The second kappa shape index (κ2) is 10.2. The largest absolute Gasteiger partial charge is 0.381 e. The lowest BCUT2D eigenvalue weighted by atomic mass is 9.86. The first-order valence-corrected chi connectivity index (χ1v) is 15.3. The SMILES string of the molecule is O=C(NC1CC1)C(O)[C@H](C[C@@H]1CCNC1=O)NC(=O)[C@@H]1CC2(CCN1C(=O)c1cc3cccc4c3n1CCC4)CC2. The van der Waals surface area contributed by atoms with Crippen molar-refractivity contribution in [3.8, 4) is 0 Å². The monoisotopic (exact) mass is 561 g/mol. The van der Waals surface area contributed by atoms with Crippen molar-refractivity contribution in [3.63, 3.8) is 0 Å². The molecule has 2 aromatic rings. The van der Waals surface area contributed by atoms with Gasteiger partial charge in [-0.3, -0.25) is 19.2 Å². The number of hydrogen-bond acceptors (Lipinski definition) is 5. The van der Waals surface area contributed by atoms with Crippen LogP contribution in [0.5, 0.6) is 0 Å². The predicted octanol–water partition coefficient (Wildman–Crippen LogP) is 1.62. The number of benzene rings is 1. The van der Waals surface area contributed by atoms with Crippen LogP contribution in [-0.2, 0) is 27.3 Å². The highest BCUT2D eigenvalue weighted by molar-refractivity contribution is 6.02. The Balaban J connectivity index is 1.15. The van der Waals surface area contributed by atoms with E-state index in [2.05, 4.69) is 26.6 Å². The fourth-order valence-corrected chi connectivity index (χ4v) is 7.25. The van der Waals surface area contributed by atoms with Gasteiger partial charge in [0, 0.05) is 37.0 Å². The van der Waals surface area contributed by atoms with E-state index in [-0.39, 0.29) is 35.6 Å².